The van der Waals surface area contributed by atoms with Gasteiger partial charge in [-0.3, -0.25) is 9.59 Å². The van der Waals surface area contributed by atoms with Crippen LogP contribution in [0.3, 0.4) is 0 Å². The lowest BCUT2D eigenvalue weighted by atomic mass is 9.93. The van der Waals surface area contributed by atoms with Crippen LogP contribution in [0.4, 0.5) is 5.69 Å². The number of amides is 1. The van der Waals surface area contributed by atoms with Crippen molar-refractivity contribution in [3.05, 3.63) is 16.3 Å². The summed E-state index contributed by atoms with van der Waals surface area (Å²) in [4.78, 5) is 33.6. The van der Waals surface area contributed by atoms with Crippen LogP contribution in [0.2, 0.25) is 0 Å². The number of hydrogen-bond donors (Lipinski definition) is 0. The van der Waals surface area contributed by atoms with Gasteiger partial charge in [-0.2, -0.15) is 0 Å². The highest BCUT2D eigenvalue weighted by molar-refractivity contribution is 7.12. The molecule has 6 heteroatoms. The number of rotatable bonds is 3. The Morgan fingerprint density at radius 1 is 1.21 bits per heavy atom. The van der Waals surface area contributed by atoms with Crippen LogP contribution in [-0.4, -0.2) is 53.0 Å². The second-order valence-electron chi connectivity index (χ2n) is 6.65. The summed E-state index contributed by atoms with van der Waals surface area (Å²) in [6.07, 6.45) is 6.08. The number of amidine groups is 1. The van der Waals surface area contributed by atoms with Crippen molar-refractivity contribution >= 4 is 34.6 Å². The van der Waals surface area contributed by atoms with E-state index < -0.39 is 0 Å². The summed E-state index contributed by atoms with van der Waals surface area (Å²) in [6, 6.07) is 2.30. The van der Waals surface area contributed by atoms with E-state index in [1.165, 1.54) is 30.6 Å². The number of nitrogens with zero attached hydrogens (tertiary/aromatic N) is 3. The molecule has 1 aliphatic carbocycles. The van der Waals surface area contributed by atoms with Crippen LogP contribution < -0.4 is 0 Å². The number of Topliss-reactive ketones (excluding diaryl/α,β-unsaturated/α-hetero) is 1. The van der Waals surface area contributed by atoms with Gasteiger partial charge in [-0.1, -0.05) is 19.3 Å². The van der Waals surface area contributed by atoms with Gasteiger partial charge in [-0.25, -0.2) is 4.99 Å². The van der Waals surface area contributed by atoms with Gasteiger partial charge in [0, 0.05) is 26.1 Å². The Morgan fingerprint density at radius 3 is 2.62 bits per heavy atom. The van der Waals surface area contributed by atoms with E-state index in [0.717, 1.165) is 31.8 Å². The fourth-order valence-electron chi connectivity index (χ4n) is 3.64. The summed E-state index contributed by atoms with van der Waals surface area (Å²) in [5, 5.41) is 1.88. The van der Waals surface area contributed by atoms with Crippen molar-refractivity contribution in [2.75, 3.05) is 19.6 Å². The van der Waals surface area contributed by atoms with Crippen LogP contribution in [0.25, 0.3) is 0 Å². The maximum Gasteiger partial charge on any atom is 0.242 e. The molecule has 2 aliphatic rings. The quantitative estimate of drug-likeness (QED) is 0.478. The summed E-state index contributed by atoms with van der Waals surface area (Å²) in [5.41, 5.74) is 0.715. The highest BCUT2D eigenvalue weighted by Gasteiger charge is 2.30. The predicted molar refractivity (Wildman–Crippen MR) is 97.3 cm³/mol. The SMILES string of the molecule is CC(=O)c1sccc1N=C(C)N1CCN(C2CCCCC2)C(=O)C1. The monoisotopic (exact) mass is 347 g/mol. The molecule has 3 rings (SSSR count). The molecule has 2 heterocycles. The molecule has 1 saturated heterocycles. The normalized spacial score (nSPS) is 20.6. The van der Waals surface area contributed by atoms with Crippen molar-refractivity contribution < 1.29 is 9.59 Å². The van der Waals surface area contributed by atoms with Crippen molar-refractivity contribution in [1.82, 2.24) is 9.80 Å². The Labute approximate surface area is 147 Å². The number of thiophene rings is 1. The first-order valence-electron chi connectivity index (χ1n) is 8.74. The molecule has 0 N–H and O–H groups in total. The fourth-order valence-corrected chi connectivity index (χ4v) is 4.37. The van der Waals surface area contributed by atoms with Gasteiger partial charge < -0.3 is 9.80 Å². The van der Waals surface area contributed by atoms with E-state index in [2.05, 4.69) is 9.89 Å². The maximum atomic E-state index is 12.6. The smallest absolute Gasteiger partial charge is 0.242 e. The lowest BCUT2D eigenvalue weighted by Gasteiger charge is -2.41. The van der Waals surface area contributed by atoms with Crippen LogP contribution in [0.1, 0.15) is 55.6 Å². The highest BCUT2D eigenvalue weighted by atomic mass is 32.1. The third kappa shape index (κ3) is 3.69. The molecule has 1 amide bonds. The zero-order valence-corrected chi connectivity index (χ0v) is 15.3. The Bertz CT molecular complexity index is 646. The fraction of sp³-hybridized carbons (Fsp3) is 0.611. The summed E-state index contributed by atoms with van der Waals surface area (Å²) in [7, 11) is 0. The van der Waals surface area contributed by atoms with Crippen LogP contribution in [-0.2, 0) is 4.79 Å². The molecule has 5 nitrogen and oxygen atoms in total. The van der Waals surface area contributed by atoms with E-state index in [1.807, 2.05) is 23.3 Å². The molecule has 24 heavy (non-hydrogen) atoms. The second-order valence-corrected chi connectivity index (χ2v) is 7.57. The number of ketones is 1. The molecule has 0 unspecified atom stereocenters. The van der Waals surface area contributed by atoms with Gasteiger partial charge in [0.25, 0.3) is 0 Å². The Balaban J connectivity index is 1.66. The van der Waals surface area contributed by atoms with Crippen molar-refractivity contribution in [1.29, 1.82) is 0 Å². The molecule has 0 atom stereocenters. The minimum absolute atomic E-state index is 0.0368. The van der Waals surface area contributed by atoms with Gasteiger partial charge in [0.1, 0.15) is 5.84 Å². The van der Waals surface area contributed by atoms with E-state index in [0.29, 0.717) is 23.2 Å². The first kappa shape index (κ1) is 17.1. The molecule has 130 valence electrons. The van der Waals surface area contributed by atoms with E-state index >= 15 is 0 Å². The topological polar surface area (TPSA) is 53.0 Å². The second kappa shape index (κ2) is 7.47. The van der Waals surface area contributed by atoms with Gasteiger partial charge in [0.2, 0.25) is 5.91 Å². The van der Waals surface area contributed by atoms with Gasteiger partial charge in [-0.15, -0.1) is 11.3 Å². The molecule has 1 aromatic heterocycles. The van der Waals surface area contributed by atoms with Gasteiger partial charge in [-0.05, 0) is 31.2 Å². The third-order valence-electron chi connectivity index (χ3n) is 4.98. The lowest BCUT2D eigenvalue weighted by Crippen LogP contribution is -2.55. The van der Waals surface area contributed by atoms with E-state index in [1.54, 1.807) is 6.92 Å². The molecule has 0 spiro atoms. The van der Waals surface area contributed by atoms with Gasteiger partial charge in [0.15, 0.2) is 5.78 Å². The van der Waals surface area contributed by atoms with E-state index in [4.69, 9.17) is 0 Å². The molecule has 2 fully saturated rings. The number of carbonyl (C=O) groups is 2. The standard InChI is InChI=1S/C18H25N3O2S/c1-13(22)18-16(8-11-24-18)19-14(2)20-9-10-21(17(23)12-20)15-6-4-3-5-7-15/h8,11,15H,3-7,9-10,12H2,1-2H3. The van der Waals surface area contributed by atoms with Crippen molar-refractivity contribution in [3.63, 3.8) is 0 Å². The Morgan fingerprint density at radius 2 is 1.96 bits per heavy atom. The van der Waals surface area contributed by atoms with Crippen molar-refractivity contribution in [3.8, 4) is 0 Å². The van der Waals surface area contributed by atoms with Crippen molar-refractivity contribution in [2.45, 2.75) is 52.0 Å². The molecule has 1 aliphatic heterocycles. The molecular weight excluding hydrogens is 322 g/mol. The lowest BCUT2D eigenvalue weighted by molar-refractivity contribution is -0.137. The number of aliphatic imine (C=N–C) groups is 1. The van der Waals surface area contributed by atoms with E-state index in [9.17, 15) is 9.59 Å². The highest BCUT2D eigenvalue weighted by Crippen LogP contribution is 2.27. The average molecular weight is 347 g/mol. The Kier molecular flexibility index (Phi) is 5.33. The predicted octanol–water partition coefficient (Wildman–Crippen LogP) is 3.48. The zero-order valence-electron chi connectivity index (χ0n) is 14.5. The van der Waals surface area contributed by atoms with Crippen LogP contribution in [0.15, 0.2) is 16.4 Å². The van der Waals surface area contributed by atoms with Gasteiger partial charge in [0.05, 0.1) is 17.1 Å². The zero-order chi connectivity index (χ0) is 17.1. The first-order chi connectivity index (χ1) is 11.6. The summed E-state index contributed by atoms with van der Waals surface area (Å²) >= 11 is 1.42. The number of hydrogen-bond acceptors (Lipinski definition) is 4. The summed E-state index contributed by atoms with van der Waals surface area (Å²) in [6.45, 7) is 5.47. The van der Waals surface area contributed by atoms with Crippen LogP contribution in [0, 0.1) is 0 Å². The van der Waals surface area contributed by atoms with Crippen molar-refractivity contribution in [2.24, 2.45) is 4.99 Å². The Hall–Kier alpha value is -1.69. The van der Waals surface area contributed by atoms with E-state index in [-0.39, 0.29) is 11.7 Å². The molecule has 0 radical (unpaired) electrons. The molecule has 1 saturated carbocycles. The summed E-state index contributed by atoms with van der Waals surface area (Å²) in [5.74, 6) is 1.06. The average Bonchev–Trinajstić information content (AvgIpc) is 3.04. The molecule has 0 aromatic carbocycles. The number of carbonyl (C=O) groups excluding carboxylic acids is 2. The third-order valence-corrected chi connectivity index (χ3v) is 5.98. The number of piperazine rings is 1. The molecule has 0 bridgehead atoms. The largest absolute Gasteiger partial charge is 0.349 e. The maximum absolute atomic E-state index is 12.6. The van der Waals surface area contributed by atoms with Crippen LogP contribution in [0.5, 0.6) is 0 Å². The molecular formula is C18H25N3O2S. The first-order valence-corrected chi connectivity index (χ1v) is 9.62. The summed E-state index contributed by atoms with van der Waals surface area (Å²) < 4.78 is 0. The minimum Gasteiger partial charge on any atom is -0.349 e. The minimum atomic E-state index is 0.0368. The van der Waals surface area contributed by atoms with Crippen LogP contribution >= 0.6 is 11.3 Å². The molecule has 1 aromatic rings. The van der Waals surface area contributed by atoms with Gasteiger partial charge >= 0.3 is 0 Å².